The third-order valence-electron chi connectivity index (χ3n) is 5.24. The van der Waals surface area contributed by atoms with Gasteiger partial charge in [0, 0.05) is 45.3 Å². The molecule has 1 saturated heterocycles. The van der Waals surface area contributed by atoms with Crippen LogP contribution in [0.15, 0.2) is 42.6 Å². The van der Waals surface area contributed by atoms with Crippen LogP contribution < -0.4 is 10.6 Å². The fourth-order valence-electron chi connectivity index (χ4n) is 3.67. The van der Waals surface area contributed by atoms with Crippen molar-refractivity contribution in [3.05, 3.63) is 58.9 Å². The highest BCUT2D eigenvalue weighted by molar-refractivity contribution is 6.31. The van der Waals surface area contributed by atoms with Gasteiger partial charge in [0.2, 0.25) is 5.91 Å². The Morgan fingerprint density at radius 1 is 1.10 bits per heavy atom. The summed E-state index contributed by atoms with van der Waals surface area (Å²) in [7, 11) is 1.83. The molecular weight excluding hydrogens is 388 g/mol. The van der Waals surface area contributed by atoms with Gasteiger partial charge in [-0.05, 0) is 37.4 Å². The monoisotopic (exact) mass is 416 g/mol. The first-order valence-electron chi connectivity index (χ1n) is 10.2. The van der Waals surface area contributed by atoms with Crippen molar-refractivity contribution in [3.8, 4) is 0 Å². The summed E-state index contributed by atoms with van der Waals surface area (Å²) >= 11 is 6.06. The van der Waals surface area contributed by atoms with Crippen molar-refractivity contribution < 1.29 is 9.59 Å². The number of nitrogens with zero attached hydrogens (tertiary/aromatic N) is 2. The van der Waals surface area contributed by atoms with Gasteiger partial charge < -0.3 is 20.1 Å². The maximum Gasteiger partial charge on any atom is 0.270 e. The zero-order valence-electron chi connectivity index (χ0n) is 16.9. The maximum absolute atomic E-state index is 13.0. The molecule has 0 radical (unpaired) electrons. The van der Waals surface area contributed by atoms with Crippen LogP contribution in [0, 0.1) is 0 Å². The molecule has 3 rings (SSSR count). The lowest BCUT2D eigenvalue weighted by Crippen LogP contribution is -2.35. The summed E-state index contributed by atoms with van der Waals surface area (Å²) in [6.45, 7) is 2.68. The zero-order valence-corrected chi connectivity index (χ0v) is 17.6. The van der Waals surface area contributed by atoms with E-state index in [1.807, 2.05) is 42.3 Å². The number of nitrogens with one attached hydrogen (secondary N) is 2. The highest BCUT2D eigenvalue weighted by atomic mass is 35.5. The van der Waals surface area contributed by atoms with Crippen molar-refractivity contribution in [2.75, 3.05) is 26.2 Å². The number of carbonyl (C=O) groups excluding carboxylic acids is 2. The van der Waals surface area contributed by atoms with Gasteiger partial charge in [-0.3, -0.25) is 9.59 Å². The summed E-state index contributed by atoms with van der Waals surface area (Å²) < 4.78 is 1.77. The Bertz CT molecular complexity index is 821. The summed E-state index contributed by atoms with van der Waals surface area (Å²) in [4.78, 5) is 27.2. The zero-order chi connectivity index (χ0) is 20.6. The van der Waals surface area contributed by atoms with Crippen LogP contribution in [0.4, 0.5) is 0 Å². The predicted octanol–water partition coefficient (Wildman–Crippen LogP) is 3.14. The van der Waals surface area contributed by atoms with Gasteiger partial charge in [-0.2, -0.15) is 0 Å². The minimum atomic E-state index is -0.0345. The number of aromatic nitrogens is 1. The first-order valence-corrected chi connectivity index (χ1v) is 10.6. The third-order valence-corrected chi connectivity index (χ3v) is 5.45. The molecule has 1 atom stereocenters. The number of rotatable bonds is 2. The molecule has 0 bridgehead atoms. The lowest BCUT2D eigenvalue weighted by molar-refractivity contribution is -0.121. The normalized spacial score (nSPS) is 19.6. The smallest absolute Gasteiger partial charge is 0.270 e. The van der Waals surface area contributed by atoms with E-state index >= 15 is 0 Å². The molecule has 0 aliphatic carbocycles. The minimum absolute atomic E-state index is 0.00193. The van der Waals surface area contributed by atoms with Gasteiger partial charge in [-0.1, -0.05) is 41.9 Å². The van der Waals surface area contributed by atoms with Crippen LogP contribution in [0.5, 0.6) is 0 Å². The van der Waals surface area contributed by atoms with Gasteiger partial charge in [0.25, 0.3) is 5.91 Å². The third kappa shape index (κ3) is 6.08. The van der Waals surface area contributed by atoms with Gasteiger partial charge in [0.1, 0.15) is 5.69 Å². The topological polar surface area (TPSA) is 66.4 Å². The quantitative estimate of drug-likeness (QED) is 0.790. The number of hydrogen-bond acceptors (Lipinski definition) is 3. The lowest BCUT2D eigenvalue weighted by Gasteiger charge is -2.24. The highest BCUT2D eigenvalue weighted by Crippen LogP contribution is 2.18. The van der Waals surface area contributed by atoms with E-state index in [1.165, 1.54) is 0 Å². The molecule has 1 aliphatic rings. The van der Waals surface area contributed by atoms with Crippen LogP contribution in [0.25, 0.3) is 0 Å². The van der Waals surface area contributed by atoms with Crippen molar-refractivity contribution in [1.29, 1.82) is 0 Å². The fraction of sp³-hybridized carbons (Fsp3) is 0.455. The van der Waals surface area contributed by atoms with Crippen molar-refractivity contribution in [2.24, 2.45) is 7.05 Å². The molecule has 0 spiro atoms. The van der Waals surface area contributed by atoms with Gasteiger partial charge in [0.05, 0.1) is 5.02 Å². The number of aryl methyl sites for hydroxylation is 1. The van der Waals surface area contributed by atoms with Gasteiger partial charge >= 0.3 is 0 Å². The Morgan fingerprint density at radius 2 is 1.86 bits per heavy atom. The second-order valence-electron chi connectivity index (χ2n) is 7.48. The molecule has 1 unspecified atom stereocenters. The molecule has 1 aromatic heterocycles. The van der Waals surface area contributed by atoms with Crippen LogP contribution in [-0.2, 0) is 11.8 Å². The number of hydrogen-bond donors (Lipinski definition) is 2. The van der Waals surface area contributed by atoms with E-state index in [9.17, 15) is 9.59 Å². The average Bonchev–Trinajstić information content (AvgIpc) is 3.06. The van der Waals surface area contributed by atoms with Gasteiger partial charge in [-0.25, -0.2) is 0 Å². The highest BCUT2D eigenvalue weighted by Gasteiger charge is 2.20. The van der Waals surface area contributed by atoms with E-state index in [0.717, 1.165) is 31.4 Å². The summed E-state index contributed by atoms with van der Waals surface area (Å²) in [5.74, 6) is 0.0508. The molecule has 2 heterocycles. The fourth-order valence-corrected chi connectivity index (χ4v) is 3.92. The van der Waals surface area contributed by atoms with E-state index in [2.05, 4.69) is 10.6 Å². The van der Waals surface area contributed by atoms with Crippen molar-refractivity contribution in [2.45, 2.75) is 31.7 Å². The summed E-state index contributed by atoms with van der Waals surface area (Å²) in [5, 5.41) is 7.07. The molecular formula is C22H29ClN4O2. The Morgan fingerprint density at radius 3 is 2.59 bits per heavy atom. The Labute approximate surface area is 177 Å². The van der Waals surface area contributed by atoms with Crippen LogP contribution in [-0.4, -0.2) is 47.5 Å². The number of benzene rings is 1. The predicted molar refractivity (Wildman–Crippen MR) is 115 cm³/mol. The number of halogens is 1. The van der Waals surface area contributed by atoms with E-state index in [-0.39, 0.29) is 17.9 Å². The molecule has 29 heavy (non-hydrogen) atoms. The first-order chi connectivity index (χ1) is 14.0. The number of amides is 2. The SMILES string of the molecule is Cn1cc(Cl)cc1C(=O)N1CCCCNC(=O)CC(c2ccccc2)NCCC1. The molecule has 2 aromatic rings. The molecule has 7 heteroatoms. The summed E-state index contributed by atoms with van der Waals surface area (Å²) in [6.07, 6.45) is 4.66. The minimum Gasteiger partial charge on any atom is -0.356 e. The largest absolute Gasteiger partial charge is 0.356 e. The van der Waals surface area contributed by atoms with Crippen molar-refractivity contribution in [3.63, 3.8) is 0 Å². The molecule has 156 valence electrons. The van der Waals surface area contributed by atoms with E-state index in [1.54, 1.807) is 16.8 Å². The van der Waals surface area contributed by atoms with E-state index in [4.69, 9.17) is 11.6 Å². The number of carbonyl (C=O) groups is 2. The van der Waals surface area contributed by atoms with Crippen molar-refractivity contribution >= 4 is 23.4 Å². The lowest BCUT2D eigenvalue weighted by atomic mass is 10.0. The Balaban J connectivity index is 1.68. The molecule has 1 fully saturated rings. The van der Waals surface area contributed by atoms with Crippen LogP contribution in [0.2, 0.25) is 5.02 Å². The maximum atomic E-state index is 13.0. The molecule has 1 aliphatic heterocycles. The summed E-state index contributed by atoms with van der Waals surface area (Å²) in [5.41, 5.74) is 1.70. The summed E-state index contributed by atoms with van der Waals surface area (Å²) in [6, 6.07) is 11.7. The average molecular weight is 417 g/mol. The second-order valence-corrected chi connectivity index (χ2v) is 7.92. The Hall–Kier alpha value is -2.31. The first kappa shape index (κ1) is 21.4. The molecule has 0 saturated carbocycles. The van der Waals surface area contributed by atoms with Crippen LogP contribution in [0.1, 0.15) is 47.8 Å². The van der Waals surface area contributed by atoms with E-state index in [0.29, 0.717) is 36.8 Å². The standard InChI is InChI=1S/C22H29ClN4O2/c1-26-16-18(23)14-20(26)22(29)27-12-6-5-10-25-21(28)15-19(24-11-7-13-27)17-8-3-2-4-9-17/h2-4,8-9,14,16,19,24H,5-7,10-13,15H2,1H3,(H,25,28). The molecule has 2 amide bonds. The Kier molecular flexibility index (Phi) is 7.72. The molecule has 6 nitrogen and oxygen atoms in total. The second kappa shape index (κ2) is 10.5. The van der Waals surface area contributed by atoms with Gasteiger partial charge in [-0.15, -0.1) is 0 Å². The molecule has 1 aromatic carbocycles. The van der Waals surface area contributed by atoms with Crippen LogP contribution in [0.3, 0.4) is 0 Å². The van der Waals surface area contributed by atoms with Gasteiger partial charge in [0.15, 0.2) is 0 Å². The van der Waals surface area contributed by atoms with Crippen molar-refractivity contribution in [1.82, 2.24) is 20.1 Å². The van der Waals surface area contributed by atoms with Crippen LogP contribution >= 0.6 is 11.6 Å². The molecule has 2 N–H and O–H groups in total. The van der Waals surface area contributed by atoms with E-state index < -0.39 is 0 Å².